The highest BCUT2D eigenvalue weighted by atomic mass is 16.5. The van der Waals surface area contributed by atoms with Crippen LogP contribution in [0.5, 0.6) is 0 Å². The Labute approximate surface area is 130 Å². The molecule has 0 aliphatic heterocycles. The summed E-state index contributed by atoms with van der Waals surface area (Å²) in [6.45, 7) is 1.99. The van der Waals surface area contributed by atoms with E-state index in [1.165, 1.54) is 0 Å². The van der Waals surface area contributed by atoms with Crippen molar-refractivity contribution in [1.29, 1.82) is 0 Å². The monoisotopic (exact) mass is 307 g/mol. The van der Waals surface area contributed by atoms with Gasteiger partial charge >= 0.3 is 0 Å². The molecule has 0 saturated heterocycles. The lowest BCUT2D eigenvalue weighted by Gasteiger charge is -2.03. The van der Waals surface area contributed by atoms with E-state index in [4.69, 9.17) is 4.52 Å². The van der Waals surface area contributed by atoms with Crippen molar-refractivity contribution in [3.8, 4) is 0 Å². The summed E-state index contributed by atoms with van der Waals surface area (Å²) < 4.78 is 6.99. The van der Waals surface area contributed by atoms with Gasteiger partial charge in [-0.05, 0) is 30.7 Å². The van der Waals surface area contributed by atoms with Gasteiger partial charge in [-0.2, -0.15) is 0 Å². The molecule has 1 amide bonds. The number of hydrogen-bond donors (Lipinski definition) is 1. The highest BCUT2D eigenvalue weighted by molar-refractivity contribution is 5.98. The molecule has 4 aromatic heterocycles. The van der Waals surface area contributed by atoms with E-state index in [9.17, 15) is 4.79 Å². The maximum Gasteiger partial charge on any atom is 0.259 e. The maximum absolute atomic E-state index is 12.3. The Bertz CT molecular complexity index is 1020. The topological polar surface area (TPSA) is 85.3 Å². The molecule has 0 atom stereocenters. The molecule has 0 aliphatic carbocycles. The first-order chi connectivity index (χ1) is 11.2. The quantitative estimate of drug-likeness (QED) is 0.628. The van der Waals surface area contributed by atoms with Gasteiger partial charge < -0.3 is 14.2 Å². The number of fused-ring (bicyclic) bond motifs is 2. The Balaban J connectivity index is 1.59. The van der Waals surface area contributed by atoms with Crippen molar-refractivity contribution >= 4 is 28.5 Å². The van der Waals surface area contributed by atoms with Crippen molar-refractivity contribution in [3.63, 3.8) is 0 Å². The summed E-state index contributed by atoms with van der Waals surface area (Å²) in [4.78, 5) is 20.7. The van der Waals surface area contributed by atoms with E-state index in [0.29, 0.717) is 16.9 Å². The first-order valence-corrected chi connectivity index (χ1v) is 7.14. The molecular formula is C16H13N5O2. The average molecular weight is 307 g/mol. The van der Waals surface area contributed by atoms with Crippen LogP contribution in [0.25, 0.3) is 16.7 Å². The third kappa shape index (κ3) is 2.32. The number of aryl methyl sites for hydroxylation is 1. The number of carbonyl (C=O) groups is 1. The third-order valence-corrected chi connectivity index (χ3v) is 3.66. The average Bonchev–Trinajstić information content (AvgIpc) is 3.14. The fourth-order valence-electron chi connectivity index (χ4n) is 2.55. The number of carbonyl (C=O) groups excluding carboxylic acids is 1. The van der Waals surface area contributed by atoms with Crippen LogP contribution in [-0.4, -0.2) is 25.4 Å². The minimum atomic E-state index is -0.188. The molecule has 0 saturated carbocycles. The fourth-order valence-corrected chi connectivity index (χ4v) is 2.55. The minimum Gasteiger partial charge on any atom is -0.334 e. The highest BCUT2D eigenvalue weighted by Gasteiger charge is 2.14. The Morgan fingerprint density at radius 2 is 2.22 bits per heavy atom. The maximum atomic E-state index is 12.3. The molecule has 0 unspecified atom stereocenters. The summed E-state index contributed by atoms with van der Waals surface area (Å²) in [6.07, 6.45) is 5.41. The molecule has 4 aromatic rings. The van der Waals surface area contributed by atoms with Gasteiger partial charge in [-0.1, -0.05) is 11.2 Å². The number of anilines is 1. The van der Waals surface area contributed by atoms with E-state index in [1.54, 1.807) is 24.5 Å². The van der Waals surface area contributed by atoms with Crippen molar-refractivity contribution in [2.24, 2.45) is 0 Å². The number of rotatable bonds is 3. The molecule has 23 heavy (non-hydrogen) atoms. The number of hydrogen-bond acceptors (Lipinski definition) is 5. The number of imidazole rings is 1. The first kappa shape index (κ1) is 13.4. The van der Waals surface area contributed by atoms with Crippen molar-refractivity contribution in [1.82, 2.24) is 19.5 Å². The SMILES string of the molecule is Cc1cccn2c(CC(=O)Nc3noc4ncccc34)cnc12. The third-order valence-electron chi connectivity index (χ3n) is 3.66. The van der Waals surface area contributed by atoms with E-state index < -0.39 is 0 Å². The van der Waals surface area contributed by atoms with Crippen LogP contribution in [0.4, 0.5) is 5.82 Å². The molecule has 0 fully saturated rings. The van der Waals surface area contributed by atoms with Crippen molar-refractivity contribution in [2.45, 2.75) is 13.3 Å². The summed E-state index contributed by atoms with van der Waals surface area (Å²) in [5.74, 6) is 0.190. The summed E-state index contributed by atoms with van der Waals surface area (Å²) in [6, 6.07) is 7.48. The predicted octanol–water partition coefficient (Wildman–Crippen LogP) is 2.36. The van der Waals surface area contributed by atoms with Crippen LogP contribution < -0.4 is 5.32 Å². The van der Waals surface area contributed by atoms with Crippen molar-refractivity contribution in [2.75, 3.05) is 5.32 Å². The molecule has 0 aromatic carbocycles. The van der Waals surface area contributed by atoms with Gasteiger partial charge in [0.15, 0.2) is 5.82 Å². The second-order valence-electron chi connectivity index (χ2n) is 5.25. The van der Waals surface area contributed by atoms with Crippen LogP contribution in [0, 0.1) is 6.92 Å². The lowest BCUT2D eigenvalue weighted by molar-refractivity contribution is -0.115. The highest BCUT2D eigenvalue weighted by Crippen LogP contribution is 2.20. The van der Waals surface area contributed by atoms with E-state index in [-0.39, 0.29) is 12.3 Å². The number of nitrogens with zero attached hydrogens (tertiary/aromatic N) is 4. The van der Waals surface area contributed by atoms with Crippen LogP contribution in [0.15, 0.2) is 47.4 Å². The molecule has 0 radical (unpaired) electrons. The van der Waals surface area contributed by atoms with E-state index in [1.807, 2.05) is 29.7 Å². The van der Waals surface area contributed by atoms with E-state index in [2.05, 4.69) is 20.4 Å². The zero-order valence-corrected chi connectivity index (χ0v) is 12.4. The molecule has 114 valence electrons. The normalized spacial score (nSPS) is 11.2. The second kappa shape index (κ2) is 5.20. The zero-order chi connectivity index (χ0) is 15.8. The molecule has 4 rings (SSSR count). The van der Waals surface area contributed by atoms with Crippen LogP contribution in [-0.2, 0) is 11.2 Å². The molecule has 0 bridgehead atoms. The molecule has 7 heteroatoms. The Kier molecular flexibility index (Phi) is 3.04. The van der Waals surface area contributed by atoms with Gasteiger partial charge in [0, 0.05) is 18.6 Å². The second-order valence-corrected chi connectivity index (χ2v) is 5.25. The van der Waals surface area contributed by atoms with Crippen molar-refractivity contribution < 1.29 is 9.32 Å². The number of amides is 1. The van der Waals surface area contributed by atoms with Gasteiger partial charge in [0.25, 0.3) is 5.71 Å². The van der Waals surface area contributed by atoms with E-state index in [0.717, 1.165) is 16.9 Å². The number of aromatic nitrogens is 4. The summed E-state index contributed by atoms with van der Waals surface area (Å²) in [7, 11) is 0. The lowest BCUT2D eigenvalue weighted by Crippen LogP contribution is -2.15. The minimum absolute atomic E-state index is 0.188. The zero-order valence-electron chi connectivity index (χ0n) is 12.4. The van der Waals surface area contributed by atoms with Gasteiger partial charge in [-0.3, -0.25) is 4.79 Å². The summed E-state index contributed by atoms with van der Waals surface area (Å²) in [5, 5.41) is 7.28. The molecule has 7 nitrogen and oxygen atoms in total. The first-order valence-electron chi connectivity index (χ1n) is 7.14. The van der Waals surface area contributed by atoms with Gasteiger partial charge in [0.2, 0.25) is 5.91 Å². The summed E-state index contributed by atoms with van der Waals surface area (Å²) in [5.41, 5.74) is 3.12. The van der Waals surface area contributed by atoms with Crippen molar-refractivity contribution in [3.05, 3.63) is 54.1 Å². The van der Waals surface area contributed by atoms with Gasteiger partial charge in [-0.25, -0.2) is 9.97 Å². The summed E-state index contributed by atoms with van der Waals surface area (Å²) >= 11 is 0. The van der Waals surface area contributed by atoms with Crippen LogP contribution in [0.1, 0.15) is 11.3 Å². The molecule has 0 spiro atoms. The Hall–Kier alpha value is -3.22. The van der Waals surface area contributed by atoms with Gasteiger partial charge in [-0.15, -0.1) is 0 Å². The van der Waals surface area contributed by atoms with Crippen LogP contribution in [0.2, 0.25) is 0 Å². The number of pyridine rings is 2. The smallest absolute Gasteiger partial charge is 0.259 e. The van der Waals surface area contributed by atoms with Crippen LogP contribution >= 0.6 is 0 Å². The fraction of sp³-hybridized carbons (Fsp3) is 0.125. The van der Waals surface area contributed by atoms with Gasteiger partial charge in [0.05, 0.1) is 17.5 Å². The largest absolute Gasteiger partial charge is 0.334 e. The Morgan fingerprint density at radius 1 is 1.30 bits per heavy atom. The Morgan fingerprint density at radius 3 is 3.13 bits per heavy atom. The molecular weight excluding hydrogens is 294 g/mol. The van der Waals surface area contributed by atoms with E-state index >= 15 is 0 Å². The lowest BCUT2D eigenvalue weighted by atomic mass is 10.2. The standard InChI is InChI=1S/C16H13N5O2/c1-10-4-3-7-21-11(9-18-15(10)21)8-13(22)19-14-12-5-2-6-17-16(12)23-20-14/h2-7,9H,8H2,1H3,(H,19,20,22). The van der Waals surface area contributed by atoms with Crippen LogP contribution in [0.3, 0.4) is 0 Å². The van der Waals surface area contributed by atoms with Gasteiger partial charge in [0.1, 0.15) is 5.65 Å². The molecule has 0 aliphatic rings. The molecule has 4 heterocycles. The predicted molar refractivity (Wildman–Crippen MR) is 84.1 cm³/mol. The number of nitrogens with one attached hydrogen (secondary N) is 1. The molecule has 1 N–H and O–H groups in total.